The lowest BCUT2D eigenvalue weighted by Gasteiger charge is -2.32. The molecule has 2 heterocycles. The monoisotopic (exact) mass is 366 g/mol. The van der Waals surface area contributed by atoms with E-state index in [0.29, 0.717) is 0 Å². The summed E-state index contributed by atoms with van der Waals surface area (Å²) in [5.41, 5.74) is 3.48. The van der Waals surface area contributed by atoms with Crippen LogP contribution in [0.15, 0.2) is 30.3 Å². The van der Waals surface area contributed by atoms with E-state index >= 15 is 0 Å². The number of rotatable bonds is 6. The topological polar surface area (TPSA) is 41.5 Å². The van der Waals surface area contributed by atoms with Gasteiger partial charge in [0, 0.05) is 43.9 Å². The molecule has 1 fully saturated rings. The molecule has 27 heavy (non-hydrogen) atoms. The lowest BCUT2D eigenvalue weighted by molar-refractivity contribution is 0.145. The van der Waals surface area contributed by atoms with Crippen LogP contribution in [0.3, 0.4) is 0 Å². The number of hydrogen-bond donors (Lipinski definition) is 0. The molecule has 1 saturated heterocycles. The van der Waals surface area contributed by atoms with Gasteiger partial charge < -0.3 is 14.5 Å². The third-order valence-electron chi connectivity index (χ3n) is 5.63. The first-order chi connectivity index (χ1) is 13.3. The van der Waals surface area contributed by atoms with Gasteiger partial charge in [-0.05, 0) is 39.2 Å². The molecule has 0 bridgehead atoms. The first kappa shape index (κ1) is 18.4. The smallest absolute Gasteiger partial charge is 0.220 e. The maximum absolute atomic E-state index is 6.19. The second-order valence-corrected chi connectivity index (χ2v) is 7.70. The fraction of sp³-hybridized carbons (Fsp3) is 0.545. The molecule has 4 rings (SSSR count). The van der Waals surface area contributed by atoms with Gasteiger partial charge in [-0.25, -0.2) is 4.98 Å². The Balaban J connectivity index is 1.42. The average molecular weight is 367 g/mol. The largest absolute Gasteiger partial charge is 0.477 e. The molecule has 1 aromatic heterocycles. The van der Waals surface area contributed by atoms with Gasteiger partial charge in [0.1, 0.15) is 0 Å². The van der Waals surface area contributed by atoms with Crippen LogP contribution >= 0.6 is 0 Å². The number of aryl methyl sites for hydroxylation is 1. The lowest BCUT2D eigenvalue weighted by Crippen LogP contribution is -2.44. The van der Waals surface area contributed by atoms with E-state index in [9.17, 15) is 0 Å². The molecule has 0 N–H and O–H groups in total. The third kappa shape index (κ3) is 4.66. The third-order valence-corrected chi connectivity index (χ3v) is 5.63. The number of hydrogen-bond acceptors (Lipinski definition) is 5. The van der Waals surface area contributed by atoms with E-state index in [1.807, 2.05) is 18.2 Å². The normalized spacial score (nSPS) is 18.3. The zero-order valence-electron chi connectivity index (χ0n) is 16.4. The van der Waals surface area contributed by atoms with Crippen LogP contribution in [0.1, 0.15) is 30.5 Å². The van der Waals surface area contributed by atoms with Gasteiger partial charge in [0.05, 0.1) is 12.3 Å². The highest BCUT2D eigenvalue weighted by molar-refractivity contribution is 5.56. The first-order valence-electron chi connectivity index (χ1n) is 10.3. The molecule has 0 unspecified atom stereocenters. The molecule has 1 aromatic carbocycles. The summed E-state index contributed by atoms with van der Waals surface area (Å²) in [6.07, 6.45) is 5.54. The summed E-state index contributed by atoms with van der Waals surface area (Å²) in [6, 6.07) is 10.2. The van der Waals surface area contributed by atoms with Gasteiger partial charge in [-0.1, -0.05) is 30.3 Å². The predicted molar refractivity (Wildman–Crippen MR) is 108 cm³/mol. The molecule has 5 nitrogen and oxygen atoms in total. The molecule has 0 amide bonds. The Morgan fingerprint density at radius 1 is 0.963 bits per heavy atom. The van der Waals surface area contributed by atoms with Crippen LogP contribution in [-0.4, -0.2) is 66.1 Å². The zero-order valence-corrected chi connectivity index (χ0v) is 16.4. The van der Waals surface area contributed by atoms with Crippen LogP contribution in [0.2, 0.25) is 0 Å². The van der Waals surface area contributed by atoms with E-state index in [-0.39, 0.29) is 0 Å². The summed E-state index contributed by atoms with van der Waals surface area (Å²) in [5, 5.41) is 0. The number of ether oxygens (including phenoxy) is 1. The van der Waals surface area contributed by atoms with Crippen molar-refractivity contribution in [2.24, 2.45) is 0 Å². The van der Waals surface area contributed by atoms with E-state index in [1.165, 1.54) is 37.2 Å². The average Bonchev–Trinajstić information content (AvgIpc) is 2.73. The summed E-state index contributed by atoms with van der Waals surface area (Å²) in [6.45, 7) is 6.49. The maximum atomic E-state index is 6.19. The Bertz CT molecular complexity index is 741. The Labute approximate surface area is 162 Å². The van der Waals surface area contributed by atoms with Crippen LogP contribution in [0.4, 0.5) is 0 Å². The van der Waals surface area contributed by atoms with Crippen molar-refractivity contribution in [3.8, 4) is 17.3 Å². The van der Waals surface area contributed by atoms with Crippen LogP contribution in [0, 0.1) is 0 Å². The van der Waals surface area contributed by atoms with Crippen molar-refractivity contribution in [1.82, 2.24) is 19.8 Å². The Morgan fingerprint density at radius 2 is 1.74 bits per heavy atom. The minimum absolute atomic E-state index is 0.726. The standard InChI is InChI=1S/C22H30N4O/c1-25-13-15-26(16-14-25)12-7-17-27-22-19-10-5-6-11-20(19)23-21(24-22)18-8-3-2-4-9-18/h2-4,8-9H,5-7,10-17H2,1H3. The van der Waals surface area contributed by atoms with Crippen molar-refractivity contribution >= 4 is 0 Å². The van der Waals surface area contributed by atoms with Crippen LogP contribution in [0.25, 0.3) is 11.4 Å². The first-order valence-corrected chi connectivity index (χ1v) is 10.3. The van der Waals surface area contributed by atoms with Crippen molar-refractivity contribution in [2.75, 3.05) is 46.4 Å². The minimum atomic E-state index is 0.726. The van der Waals surface area contributed by atoms with E-state index in [4.69, 9.17) is 14.7 Å². The molecular weight excluding hydrogens is 336 g/mol. The molecule has 144 valence electrons. The molecule has 2 aromatic rings. The van der Waals surface area contributed by atoms with Crippen molar-refractivity contribution < 1.29 is 4.74 Å². The number of nitrogens with zero attached hydrogens (tertiary/aromatic N) is 4. The Kier molecular flexibility index (Phi) is 6.00. The van der Waals surface area contributed by atoms with Crippen LogP contribution < -0.4 is 4.74 Å². The fourth-order valence-corrected chi connectivity index (χ4v) is 3.92. The van der Waals surface area contributed by atoms with Crippen LogP contribution in [0.5, 0.6) is 5.88 Å². The van der Waals surface area contributed by atoms with E-state index < -0.39 is 0 Å². The van der Waals surface area contributed by atoms with Crippen molar-refractivity contribution in [3.05, 3.63) is 41.6 Å². The van der Waals surface area contributed by atoms with Crippen LogP contribution in [-0.2, 0) is 12.8 Å². The second-order valence-electron chi connectivity index (χ2n) is 7.70. The number of aromatic nitrogens is 2. The number of piperazine rings is 1. The SMILES string of the molecule is CN1CCN(CCCOc2nc(-c3ccccc3)nc3c2CCCC3)CC1. The fourth-order valence-electron chi connectivity index (χ4n) is 3.92. The van der Waals surface area contributed by atoms with Gasteiger partial charge in [0.25, 0.3) is 0 Å². The van der Waals surface area contributed by atoms with Gasteiger partial charge in [0.15, 0.2) is 5.82 Å². The summed E-state index contributed by atoms with van der Waals surface area (Å²) >= 11 is 0. The highest BCUT2D eigenvalue weighted by Gasteiger charge is 2.20. The molecule has 0 radical (unpaired) electrons. The molecule has 2 aliphatic rings. The van der Waals surface area contributed by atoms with E-state index in [1.54, 1.807) is 0 Å². The minimum Gasteiger partial charge on any atom is -0.477 e. The quantitative estimate of drug-likeness (QED) is 0.735. The summed E-state index contributed by atoms with van der Waals surface area (Å²) in [4.78, 5) is 14.6. The molecule has 1 aliphatic heterocycles. The number of fused-ring (bicyclic) bond motifs is 1. The maximum Gasteiger partial charge on any atom is 0.220 e. The van der Waals surface area contributed by atoms with Gasteiger partial charge in [0.2, 0.25) is 5.88 Å². The highest BCUT2D eigenvalue weighted by atomic mass is 16.5. The Morgan fingerprint density at radius 3 is 2.56 bits per heavy atom. The molecule has 0 atom stereocenters. The van der Waals surface area contributed by atoms with Gasteiger partial charge in [-0.15, -0.1) is 0 Å². The Hall–Kier alpha value is -1.98. The van der Waals surface area contributed by atoms with Crippen molar-refractivity contribution in [3.63, 3.8) is 0 Å². The van der Waals surface area contributed by atoms with Gasteiger partial charge >= 0.3 is 0 Å². The molecule has 5 heteroatoms. The van der Waals surface area contributed by atoms with Crippen molar-refractivity contribution in [1.29, 1.82) is 0 Å². The number of likely N-dealkylation sites (N-methyl/N-ethyl adjacent to an activating group) is 1. The zero-order chi connectivity index (χ0) is 18.5. The van der Waals surface area contributed by atoms with Gasteiger partial charge in [-0.3, -0.25) is 0 Å². The second kappa shape index (κ2) is 8.81. The van der Waals surface area contributed by atoms with E-state index in [2.05, 4.69) is 29.0 Å². The predicted octanol–water partition coefficient (Wildman–Crippen LogP) is 3.04. The lowest BCUT2D eigenvalue weighted by atomic mass is 9.96. The highest BCUT2D eigenvalue weighted by Crippen LogP contribution is 2.29. The molecule has 0 saturated carbocycles. The molecular formula is C22H30N4O. The van der Waals surface area contributed by atoms with Gasteiger partial charge in [-0.2, -0.15) is 4.98 Å². The summed E-state index contributed by atoms with van der Waals surface area (Å²) in [7, 11) is 2.20. The summed E-state index contributed by atoms with van der Waals surface area (Å²) < 4.78 is 6.19. The summed E-state index contributed by atoms with van der Waals surface area (Å²) in [5.74, 6) is 1.61. The van der Waals surface area contributed by atoms with E-state index in [0.717, 1.165) is 62.8 Å². The van der Waals surface area contributed by atoms with Crippen molar-refractivity contribution in [2.45, 2.75) is 32.1 Å². The number of benzene rings is 1. The molecule has 1 aliphatic carbocycles. The molecule has 0 spiro atoms.